The molecule has 3 rings (SSSR count). The summed E-state index contributed by atoms with van der Waals surface area (Å²) in [7, 11) is 1.56. The SMILES string of the molecule is Cn1c(-c2ccc(C=O)cc2C(F)(F)F)nnc1C(C)(C)Oc1ccc(Cl)cc1. The Kier molecular flexibility index (Phi) is 5.40. The van der Waals surface area contributed by atoms with Crippen LogP contribution in [-0.2, 0) is 18.8 Å². The highest BCUT2D eigenvalue weighted by Crippen LogP contribution is 2.38. The average molecular weight is 424 g/mol. The number of alkyl halides is 3. The molecule has 152 valence electrons. The molecular weight excluding hydrogens is 407 g/mol. The summed E-state index contributed by atoms with van der Waals surface area (Å²) in [4.78, 5) is 10.9. The highest BCUT2D eigenvalue weighted by atomic mass is 35.5. The quantitative estimate of drug-likeness (QED) is 0.524. The van der Waals surface area contributed by atoms with E-state index in [-0.39, 0.29) is 17.0 Å². The lowest BCUT2D eigenvalue weighted by atomic mass is 10.0. The summed E-state index contributed by atoms with van der Waals surface area (Å²) >= 11 is 5.87. The first-order valence-electron chi connectivity index (χ1n) is 8.54. The third-order valence-electron chi connectivity index (χ3n) is 4.33. The number of benzene rings is 2. The van der Waals surface area contributed by atoms with Gasteiger partial charge < -0.3 is 9.30 Å². The van der Waals surface area contributed by atoms with Gasteiger partial charge in [0.15, 0.2) is 17.2 Å². The summed E-state index contributed by atoms with van der Waals surface area (Å²) in [5.41, 5.74) is -2.20. The molecule has 5 nitrogen and oxygen atoms in total. The molecule has 1 heterocycles. The molecule has 0 radical (unpaired) electrons. The van der Waals surface area contributed by atoms with Gasteiger partial charge in [-0.3, -0.25) is 4.79 Å². The fourth-order valence-corrected chi connectivity index (χ4v) is 3.12. The van der Waals surface area contributed by atoms with Crippen LogP contribution < -0.4 is 4.74 Å². The number of rotatable bonds is 5. The van der Waals surface area contributed by atoms with Gasteiger partial charge in [-0.15, -0.1) is 10.2 Å². The Balaban J connectivity index is 2.03. The monoisotopic (exact) mass is 423 g/mol. The predicted molar refractivity (Wildman–Crippen MR) is 102 cm³/mol. The molecule has 0 fully saturated rings. The fraction of sp³-hybridized carbons (Fsp3) is 0.250. The van der Waals surface area contributed by atoms with E-state index in [9.17, 15) is 18.0 Å². The largest absolute Gasteiger partial charge is 0.480 e. The van der Waals surface area contributed by atoms with Crippen molar-refractivity contribution < 1.29 is 22.7 Å². The number of ether oxygens (including phenoxy) is 1. The normalized spacial score (nSPS) is 12.1. The van der Waals surface area contributed by atoms with E-state index in [0.717, 1.165) is 6.07 Å². The Bertz CT molecular complexity index is 1040. The number of carbonyl (C=O) groups excluding carboxylic acids is 1. The van der Waals surface area contributed by atoms with E-state index >= 15 is 0 Å². The molecular formula is C20H17ClF3N3O2. The number of aldehydes is 1. The van der Waals surface area contributed by atoms with Gasteiger partial charge in [0.25, 0.3) is 0 Å². The topological polar surface area (TPSA) is 57.0 Å². The molecule has 1 aromatic heterocycles. The highest BCUT2D eigenvalue weighted by Gasteiger charge is 2.36. The first kappa shape index (κ1) is 20.9. The van der Waals surface area contributed by atoms with E-state index in [1.807, 2.05) is 0 Å². The molecule has 0 bridgehead atoms. The van der Waals surface area contributed by atoms with Crippen molar-refractivity contribution in [1.82, 2.24) is 14.8 Å². The van der Waals surface area contributed by atoms with Crippen LogP contribution in [0.25, 0.3) is 11.4 Å². The van der Waals surface area contributed by atoms with Crippen LogP contribution in [0.15, 0.2) is 42.5 Å². The van der Waals surface area contributed by atoms with Crippen LogP contribution in [0.5, 0.6) is 5.75 Å². The first-order chi connectivity index (χ1) is 13.5. The summed E-state index contributed by atoms with van der Waals surface area (Å²) in [5.74, 6) is 0.864. The summed E-state index contributed by atoms with van der Waals surface area (Å²) in [6.07, 6.45) is -4.29. The molecule has 2 aromatic carbocycles. The lowest BCUT2D eigenvalue weighted by Crippen LogP contribution is -2.29. The van der Waals surface area contributed by atoms with Gasteiger partial charge in [-0.25, -0.2) is 0 Å². The molecule has 29 heavy (non-hydrogen) atoms. The van der Waals surface area contributed by atoms with E-state index in [1.165, 1.54) is 16.7 Å². The Hall–Kier alpha value is -2.87. The Morgan fingerprint density at radius 3 is 2.31 bits per heavy atom. The molecule has 0 aliphatic heterocycles. The highest BCUT2D eigenvalue weighted by molar-refractivity contribution is 6.30. The van der Waals surface area contributed by atoms with Gasteiger partial charge in [0.05, 0.1) is 5.56 Å². The zero-order valence-corrected chi connectivity index (χ0v) is 16.5. The number of hydrogen-bond donors (Lipinski definition) is 0. The van der Waals surface area contributed by atoms with Gasteiger partial charge in [0.2, 0.25) is 0 Å². The van der Waals surface area contributed by atoms with E-state index in [4.69, 9.17) is 16.3 Å². The molecule has 0 atom stereocenters. The van der Waals surface area contributed by atoms with Crippen molar-refractivity contribution in [2.45, 2.75) is 25.6 Å². The van der Waals surface area contributed by atoms with Crippen LogP contribution >= 0.6 is 11.6 Å². The Morgan fingerprint density at radius 2 is 1.72 bits per heavy atom. The number of nitrogens with zero attached hydrogens (tertiary/aromatic N) is 3. The molecule has 9 heteroatoms. The first-order valence-corrected chi connectivity index (χ1v) is 8.92. The van der Waals surface area contributed by atoms with Gasteiger partial charge >= 0.3 is 6.18 Å². The van der Waals surface area contributed by atoms with Gasteiger partial charge in [-0.2, -0.15) is 13.2 Å². The van der Waals surface area contributed by atoms with Crippen LogP contribution in [-0.4, -0.2) is 21.1 Å². The smallest absolute Gasteiger partial charge is 0.417 e. The summed E-state index contributed by atoms with van der Waals surface area (Å²) < 4.78 is 48.0. The Labute approximate surface area is 170 Å². The molecule has 0 amide bonds. The molecule has 3 aromatic rings. The standard InChI is InChI=1S/C20H17ClF3N3O2/c1-19(2,29-14-7-5-13(21)6-8-14)18-26-25-17(27(18)3)15-9-4-12(11-28)10-16(15)20(22,23)24/h4-11H,1-3H3. The van der Waals surface area contributed by atoms with Crippen molar-refractivity contribution >= 4 is 17.9 Å². The lowest BCUT2D eigenvalue weighted by molar-refractivity contribution is -0.137. The summed E-state index contributed by atoms with van der Waals surface area (Å²) in [6.45, 7) is 3.46. The van der Waals surface area contributed by atoms with Crippen molar-refractivity contribution in [3.63, 3.8) is 0 Å². The average Bonchev–Trinajstić information content (AvgIpc) is 3.04. The maximum atomic E-state index is 13.5. The second kappa shape index (κ2) is 7.51. The maximum absolute atomic E-state index is 13.5. The van der Waals surface area contributed by atoms with Crippen LogP contribution in [0, 0.1) is 0 Å². The predicted octanol–water partition coefficient (Wildman–Crippen LogP) is 5.28. The second-order valence-electron chi connectivity index (χ2n) is 6.89. The molecule has 0 spiro atoms. The third-order valence-corrected chi connectivity index (χ3v) is 4.58. The molecule has 0 aliphatic carbocycles. The lowest BCUT2D eigenvalue weighted by Gasteiger charge is -2.25. The van der Waals surface area contributed by atoms with E-state index in [0.29, 0.717) is 22.9 Å². The molecule has 0 saturated carbocycles. The maximum Gasteiger partial charge on any atom is 0.417 e. The van der Waals surface area contributed by atoms with Crippen molar-refractivity contribution in [3.05, 3.63) is 64.4 Å². The van der Waals surface area contributed by atoms with Gasteiger partial charge in [-0.1, -0.05) is 17.7 Å². The zero-order valence-electron chi connectivity index (χ0n) is 15.8. The van der Waals surface area contributed by atoms with Crippen molar-refractivity contribution in [2.24, 2.45) is 7.05 Å². The minimum atomic E-state index is -4.66. The third kappa shape index (κ3) is 4.27. The molecule has 0 N–H and O–H groups in total. The van der Waals surface area contributed by atoms with Crippen LogP contribution in [0.1, 0.15) is 35.6 Å². The zero-order chi connectivity index (χ0) is 21.4. The van der Waals surface area contributed by atoms with Crippen molar-refractivity contribution in [2.75, 3.05) is 0 Å². The number of hydrogen-bond acceptors (Lipinski definition) is 4. The Morgan fingerprint density at radius 1 is 1.07 bits per heavy atom. The van der Waals surface area contributed by atoms with Gasteiger partial charge in [0.1, 0.15) is 12.0 Å². The number of aromatic nitrogens is 3. The summed E-state index contributed by atoms with van der Waals surface area (Å²) in [5, 5.41) is 8.58. The minimum absolute atomic E-state index is 0.0116. The molecule has 0 aliphatic rings. The van der Waals surface area contributed by atoms with E-state index in [2.05, 4.69) is 10.2 Å². The van der Waals surface area contributed by atoms with Crippen molar-refractivity contribution in [3.8, 4) is 17.1 Å². The molecule has 0 saturated heterocycles. The van der Waals surface area contributed by atoms with Crippen LogP contribution in [0.3, 0.4) is 0 Å². The van der Waals surface area contributed by atoms with Crippen LogP contribution in [0.2, 0.25) is 5.02 Å². The van der Waals surface area contributed by atoms with Crippen molar-refractivity contribution in [1.29, 1.82) is 0 Å². The van der Waals surface area contributed by atoms with E-state index in [1.54, 1.807) is 45.2 Å². The summed E-state index contributed by atoms with van der Waals surface area (Å²) in [6, 6.07) is 10.0. The minimum Gasteiger partial charge on any atom is -0.480 e. The van der Waals surface area contributed by atoms with E-state index < -0.39 is 17.3 Å². The number of carbonyl (C=O) groups is 1. The number of halogens is 4. The van der Waals surface area contributed by atoms with Gasteiger partial charge in [-0.05, 0) is 50.2 Å². The van der Waals surface area contributed by atoms with Gasteiger partial charge in [0, 0.05) is 23.2 Å². The fourth-order valence-electron chi connectivity index (χ4n) is 3.00. The molecule has 0 unspecified atom stereocenters. The second-order valence-corrected chi connectivity index (χ2v) is 7.33. The van der Waals surface area contributed by atoms with Crippen LogP contribution in [0.4, 0.5) is 13.2 Å².